The van der Waals surface area contributed by atoms with Crippen LogP contribution in [0.3, 0.4) is 0 Å². The summed E-state index contributed by atoms with van der Waals surface area (Å²) in [4.78, 5) is 10.3. The second kappa shape index (κ2) is 5.29. The van der Waals surface area contributed by atoms with Crippen molar-refractivity contribution in [3.63, 3.8) is 0 Å². The molecular formula is C10H16BrN3. The summed E-state index contributed by atoms with van der Waals surface area (Å²) in [5, 5.41) is 0. The van der Waals surface area contributed by atoms with Crippen LogP contribution in [0, 0.1) is 5.92 Å². The minimum atomic E-state index is 0.725. The van der Waals surface area contributed by atoms with E-state index in [1.54, 1.807) is 6.33 Å². The molecule has 1 aromatic heterocycles. The number of anilines is 1. The third-order valence-electron chi connectivity index (χ3n) is 2.05. The van der Waals surface area contributed by atoms with Crippen molar-refractivity contribution in [2.75, 3.05) is 18.5 Å². The minimum absolute atomic E-state index is 0.725. The Morgan fingerprint density at radius 1 is 1.43 bits per heavy atom. The number of hydrogen-bond donors (Lipinski definition) is 0. The smallest absolute Gasteiger partial charge is 0.132 e. The normalized spacial score (nSPS) is 10.6. The van der Waals surface area contributed by atoms with E-state index in [2.05, 4.69) is 51.7 Å². The molecule has 0 aliphatic heterocycles. The van der Waals surface area contributed by atoms with Gasteiger partial charge in [-0.2, -0.15) is 0 Å². The molecule has 0 saturated heterocycles. The molecule has 0 unspecified atom stereocenters. The predicted molar refractivity (Wildman–Crippen MR) is 62.5 cm³/mol. The van der Waals surface area contributed by atoms with Crippen LogP contribution in [0.25, 0.3) is 0 Å². The van der Waals surface area contributed by atoms with Crippen molar-refractivity contribution < 1.29 is 0 Å². The second-order valence-electron chi connectivity index (χ2n) is 3.80. The molecule has 0 aliphatic rings. The maximum atomic E-state index is 4.20. The molecule has 0 saturated carbocycles. The molecule has 1 heterocycles. The molecule has 0 bridgehead atoms. The zero-order valence-electron chi connectivity index (χ0n) is 8.87. The minimum Gasteiger partial charge on any atom is -0.360 e. The lowest BCUT2D eigenvalue weighted by atomic mass is 10.1. The molecule has 0 aromatic carbocycles. The van der Waals surface area contributed by atoms with E-state index in [-0.39, 0.29) is 0 Å². The lowest BCUT2D eigenvalue weighted by Crippen LogP contribution is -2.20. The molecule has 4 heteroatoms. The monoisotopic (exact) mass is 257 g/mol. The van der Waals surface area contributed by atoms with Crippen LogP contribution in [-0.2, 0) is 0 Å². The van der Waals surface area contributed by atoms with Crippen LogP contribution in [-0.4, -0.2) is 23.6 Å². The third-order valence-corrected chi connectivity index (χ3v) is 2.49. The molecular weight excluding hydrogens is 242 g/mol. The Hall–Kier alpha value is -0.640. The van der Waals surface area contributed by atoms with Gasteiger partial charge in [-0.25, -0.2) is 9.97 Å². The summed E-state index contributed by atoms with van der Waals surface area (Å²) in [6.07, 6.45) is 2.75. The summed E-state index contributed by atoms with van der Waals surface area (Å²) >= 11 is 3.33. The first kappa shape index (κ1) is 11.4. The fraction of sp³-hybridized carbons (Fsp3) is 0.600. The van der Waals surface area contributed by atoms with Gasteiger partial charge in [-0.3, -0.25) is 0 Å². The maximum Gasteiger partial charge on any atom is 0.132 e. The second-order valence-corrected chi connectivity index (χ2v) is 4.62. The lowest BCUT2D eigenvalue weighted by molar-refractivity contribution is 0.583. The number of hydrogen-bond acceptors (Lipinski definition) is 3. The van der Waals surface area contributed by atoms with Crippen LogP contribution in [0.1, 0.15) is 20.3 Å². The van der Waals surface area contributed by atoms with Gasteiger partial charge in [0.2, 0.25) is 0 Å². The van der Waals surface area contributed by atoms with Crippen LogP contribution in [0.5, 0.6) is 0 Å². The SMILES string of the molecule is CC(C)CCN(C)c1cc(Br)ncn1. The van der Waals surface area contributed by atoms with E-state index in [0.717, 1.165) is 22.9 Å². The van der Waals surface area contributed by atoms with E-state index in [1.807, 2.05) is 6.07 Å². The predicted octanol–water partition coefficient (Wildman–Crippen LogP) is 2.72. The first-order valence-electron chi connectivity index (χ1n) is 4.78. The molecule has 0 radical (unpaired) electrons. The van der Waals surface area contributed by atoms with E-state index in [4.69, 9.17) is 0 Å². The first-order valence-corrected chi connectivity index (χ1v) is 5.57. The van der Waals surface area contributed by atoms with Crippen molar-refractivity contribution in [1.82, 2.24) is 9.97 Å². The number of aromatic nitrogens is 2. The van der Waals surface area contributed by atoms with Gasteiger partial charge in [0.05, 0.1) is 0 Å². The molecule has 3 nitrogen and oxygen atoms in total. The van der Waals surface area contributed by atoms with Crippen molar-refractivity contribution in [3.8, 4) is 0 Å². The Kier molecular flexibility index (Phi) is 4.32. The summed E-state index contributed by atoms with van der Waals surface area (Å²) in [6.45, 7) is 5.48. The molecule has 14 heavy (non-hydrogen) atoms. The van der Waals surface area contributed by atoms with Gasteiger partial charge >= 0.3 is 0 Å². The van der Waals surface area contributed by atoms with Crippen LogP contribution in [0.15, 0.2) is 17.0 Å². The molecule has 1 aromatic rings. The summed E-state index contributed by atoms with van der Waals surface area (Å²) in [7, 11) is 2.05. The highest BCUT2D eigenvalue weighted by Crippen LogP contribution is 2.14. The average Bonchev–Trinajstić information content (AvgIpc) is 2.14. The van der Waals surface area contributed by atoms with Gasteiger partial charge in [0.1, 0.15) is 16.7 Å². The van der Waals surface area contributed by atoms with Crippen molar-refractivity contribution in [3.05, 3.63) is 17.0 Å². The highest BCUT2D eigenvalue weighted by Gasteiger charge is 2.03. The Balaban J connectivity index is 2.56. The molecule has 0 aliphatic carbocycles. The van der Waals surface area contributed by atoms with Crippen LogP contribution in [0.2, 0.25) is 0 Å². The van der Waals surface area contributed by atoms with E-state index in [1.165, 1.54) is 6.42 Å². The fourth-order valence-electron chi connectivity index (χ4n) is 1.10. The van der Waals surface area contributed by atoms with Crippen molar-refractivity contribution >= 4 is 21.7 Å². The zero-order valence-corrected chi connectivity index (χ0v) is 10.5. The van der Waals surface area contributed by atoms with Gasteiger partial charge in [0.15, 0.2) is 0 Å². The van der Waals surface area contributed by atoms with E-state index in [0.29, 0.717) is 0 Å². The van der Waals surface area contributed by atoms with Crippen molar-refractivity contribution in [1.29, 1.82) is 0 Å². The number of rotatable bonds is 4. The van der Waals surface area contributed by atoms with E-state index < -0.39 is 0 Å². The molecule has 0 amide bonds. The summed E-state index contributed by atoms with van der Waals surface area (Å²) in [6, 6.07) is 1.93. The van der Waals surface area contributed by atoms with Crippen LogP contribution < -0.4 is 4.90 Å². The largest absolute Gasteiger partial charge is 0.360 e. The van der Waals surface area contributed by atoms with Crippen LogP contribution in [0.4, 0.5) is 5.82 Å². The van der Waals surface area contributed by atoms with Crippen molar-refractivity contribution in [2.45, 2.75) is 20.3 Å². The Bertz CT molecular complexity index is 288. The lowest BCUT2D eigenvalue weighted by Gasteiger charge is -2.18. The van der Waals surface area contributed by atoms with Gasteiger partial charge in [0, 0.05) is 19.7 Å². The van der Waals surface area contributed by atoms with Gasteiger partial charge in [-0.1, -0.05) is 13.8 Å². The fourth-order valence-corrected chi connectivity index (χ4v) is 1.40. The maximum absolute atomic E-state index is 4.20. The van der Waals surface area contributed by atoms with E-state index in [9.17, 15) is 0 Å². The van der Waals surface area contributed by atoms with E-state index >= 15 is 0 Å². The molecule has 78 valence electrons. The zero-order chi connectivity index (χ0) is 10.6. The standard InChI is InChI=1S/C10H16BrN3/c1-8(2)4-5-14(3)10-6-9(11)12-7-13-10/h6-8H,4-5H2,1-3H3. The molecule has 0 fully saturated rings. The Labute approximate surface area is 93.7 Å². The summed E-state index contributed by atoms with van der Waals surface area (Å²) < 4.78 is 0.832. The van der Waals surface area contributed by atoms with Crippen LogP contribution >= 0.6 is 15.9 Å². The number of nitrogens with zero attached hydrogens (tertiary/aromatic N) is 3. The van der Waals surface area contributed by atoms with Gasteiger partial charge in [-0.05, 0) is 28.3 Å². The van der Waals surface area contributed by atoms with Gasteiger partial charge < -0.3 is 4.90 Å². The number of halogens is 1. The molecule has 1 rings (SSSR count). The first-order chi connectivity index (χ1) is 6.59. The van der Waals surface area contributed by atoms with Crippen molar-refractivity contribution in [2.24, 2.45) is 5.92 Å². The summed E-state index contributed by atoms with van der Waals surface area (Å²) in [5.74, 6) is 1.69. The molecule has 0 N–H and O–H groups in total. The molecule has 0 atom stereocenters. The highest BCUT2D eigenvalue weighted by atomic mass is 79.9. The quantitative estimate of drug-likeness (QED) is 0.777. The topological polar surface area (TPSA) is 29.0 Å². The van der Waals surface area contributed by atoms with Gasteiger partial charge in [0.25, 0.3) is 0 Å². The average molecular weight is 258 g/mol. The van der Waals surface area contributed by atoms with Gasteiger partial charge in [-0.15, -0.1) is 0 Å². The summed E-state index contributed by atoms with van der Waals surface area (Å²) in [5.41, 5.74) is 0. The Morgan fingerprint density at radius 3 is 2.71 bits per heavy atom. The third kappa shape index (κ3) is 3.62. The highest BCUT2D eigenvalue weighted by molar-refractivity contribution is 9.10. The molecule has 0 spiro atoms. The Morgan fingerprint density at radius 2 is 2.14 bits per heavy atom.